The van der Waals surface area contributed by atoms with Crippen molar-refractivity contribution in [1.82, 2.24) is 25.2 Å². The summed E-state index contributed by atoms with van der Waals surface area (Å²) < 4.78 is 7.72. The van der Waals surface area contributed by atoms with Gasteiger partial charge in [-0.25, -0.2) is 9.97 Å². The summed E-state index contributed by atoms with van der Waals surface area (Å²) in [6.45, 7) is 12.4. The molecular formula is C23H31N5O3S. The number of carbonyl (C=O) groups is 1. The van der Waals surface area contributed by atoms with Gasteiger partial charge in [-0.3, -0.25) is 9.48 Å². The van der Waals surface area contributed by atoms with Crippen molar-refractivity contribution in [2.24, 2.45) is 0 Å². The van der Waals surface area contributed by atoms with Gasteiger partial charge in [0.1, 0.15) is 11.0 Å². The molecule has 0 aliphatic carbocycles. The minimum absolute atomic E-state index is 0.0800. The molecule has 3 heterocycles. The van der Waals surface area contributed by atoms with Crippen molar-refractivity contribution in [1.29, 1.82) is 0 Å². The van der Waals surface area contributed by atoms with Gasteiger partial charge in [-0.05, 0) is 59.7 Å². The first kappa shape index (κ1) is 24.0. The number of ether oxygens (including phenoxy) is 1. The van der Waals surface area contributed by atoms with Crippen LogP contribution >= 0.6 is 11.8 Å². The van der Waals surface area contributed by atoms with E-state index in [1.165, 1.54) is 0 Å². The van der Waals surface area contributed by atoms with Crippen molar-refractivity contribution in [3.8, 4) is 17.1 Å². The summed E-state index contributed by atoms with van der Waals surface area (Å²) >= 11 is 1.59. The Hall–Kier alpha value is -2.65. The van der Waals surface area contributed by atoms with Crippen LogP contribution in [-0.4, -0.2) is 44.1 Å². The van der Waals surface area contributed by atoms with Crippen LogP contribution in [0.1, 0.15) is 52.8 Å². The molecule has 0 unspecified atom stereocenters. The molecule has 0 aliphatic rings. The number of fused-ring (bicyclic) bond motifs is 1. The third kappa shape index (κ3) is 5.58. The second-order valence-corrected chi connectivity index (χ2v) is 9.10. The minimum atomic E-state index is -0.281. The molecule has 172 valence electrons. The van der Waals surface area contributed by atoms with Gasteiger partial charge < -0.3 is 9.57 Å². The molecule has 32 heavy (non-hydrogen) atoms. The fourth-order valence-corrected chi connectivity index (χ4v) is 4.20. The number of pyridine rings is 2. The maximum atomic E-state index is 12.0. The Kier molecular flexibility index (Phi) is 8.09. The topological polar surface area (TPSA) is 91.2 Å². The number of nitrogens with one attached hydrogen (secondary N) is 1. The normalized spacial score (nSPS) is 11.5. The van der Waals surface area contributed by atoms with Crippen molar-refractivity contribution in [2.75, 3.05) is 12.4 Å². The average Bonchev–Trinajstić information content (AvgIpc) is 3.10. The Bertz CT molecular complexity index is 1080. The van der Waals surface area contributed by atoms with Crippen molar-refractivity contribution in [2.45, 2.75) is 64.9 Å². The number of thioether (sulfide) groups is 1. The van der Waals surface area contributed by atoms with Gasteiger partial charge >= 0.3 is 5.97 Å². The SMILES string of the molecule is CCOc1ncccc1-c1cc(SCCC(=O)ONC(C)C)c2c(n1)c(C)nn2C(C)C. The van der Waals surface area contributed by atoms with E-state index in [4.69, 9.17) is 19.7 Å². The van der Waals surface area contributed by atoms with E-state index in [9.17, 15) is 4.79 Å². The van der Waals surface area contributed by atoms with E-state index in [-0.39, 0.29) is 24.5 Å². The lowest BCUT2D eigenvalue weighted by molar-refractivity contribution is -0.151. The highest BCUT2D eigenvalue weighted by molar-refractivity contribution is 7.99. The summed E-state index contributed by atoms with van der Waals surface area (Å²) in [4.78, 5) is 27.4. The van der Waals surface area contributed by atoms with Gasteiger partial charge in [-0.2, -0.15) is 10.6 Å². The fourth-order valence-electron chi connectivity index (χ4n) is 3.19. The van der Waals surface area contributed by atoms with Crippen LogP contribution in [0.5, 0.6) is 5.88 Å². The molecular weight excluding hydrogens is 426 g/mol. The summed E-state index contributed by atoms with van der Waals surface area (Å²) in [6.07, 6.45) is 2.00. The lowest BCUT2D eigenvalue weighted by Gasteiger charge is -2.13. The number of hydroxylamine groups is 1. The molecule has 0 aromatic carbocycles. The lowest BCUT2D eigenvalue weighted by Crippen LogP contribution is -2.26. The molecule has 9 heteroatoms. The Balaban J connectivity index is 1.98. The molecule has 3 rings (SSSR count). The van der Waals surface area contributed by atoms with E-state index in [1.54, 1.807) is 18.0 Å². The van der Waals surface area contributed by atoms with Gasteiger partial charge in [0, 0.05) is 28.9 Å². The van der Waals surface area contributed by atoms with Crippen molar-refractivity contribution in [3.05, 3.63) is 30.1 Å². The van der Waals surface area contributed by atoms with Crippen LogP contribution in [0.3, 0.4) is 0 Å². The second kappa shape index (κ2) is 10.8. The van der Waals surface area contributed by atoms with Crippen LogP contribution in [0, 0.1) is 6.92 Å². The number of aromatic nitrogens is 4. The highest BCUT2D eigenvalue weighted by Gasteiger charge is 2.20. The minimum Gasteiger partial charge on any atom is -0.477 e. The van der Waals surface area contributed by atoms with Gasteiger partial charge in [-0.1, -0.05) is 0 Å². The highest BCUT2D eigenvalue weighted by atomic mass is 32.2. The van der Waals surface area contributed by atoms with Crippen LogP contribution in [0.25, 0.3) is 22.3 Å². The molecule has 0 atom stereocenters. The largest absolute Gasteiger partial charge is 0.477 e. The van der Waals surface area contributed by atoms with E-state index in [1.807, 2.05) is 50.6 Å². The van der Waals surface area contributed by atoms with Gasteiger partial charge in [-0.15, -0.1) is 11.8 Å². The number of carbonyl (C=O) groups excluding carboxylic acids is 1. The first-order chi connectivity index (χ1) is 15.3. The summed E-state index contributed by atoms with van der Waals surface area (Å²) in [5, 5.41) is 4.73. The van der Waals surface area contributed by atoms with Crippen LogP contribution in [-0.2, 0) is 9.63 Å². The first-order valence-corrected chi connectivity index (χ1v) is 11.9. The van der Waals surface area contributed by atoms with Crippen molar-refractivity contribution >= 4 is 28.8 Å². The maximum absolute atomic E-state index is 12.0. The molecule has 0 amide bonds. The number of rotatable bonds is 10. The summed E-state index contributed by atoms with van der Waals surface area (Å²) in [6, 6.07) is 6.12. The van der Waals surface area contributed by atoms with Gasteiger partial charge in [0.25, 0.3) is 0 Å². The van der Waals surface area contributed by atoms with Crippen LogP contribution in [0.15, 0.2) is 29.3 Å². The fraction of sp³-hybridized carbons (Fsp3) is 0.478. The summed E-state index contributed by atoms with van der Waals surface area (Å²) in [7, 11) is 0. The molecule has 8 nitrogen and oxygen atoms in total. The first-order valence-electron chi connectivity index (χ1n) is 10.9. The number of hydrogen-bond donors (Lipinski definition) is 1. The van der Waals surface area contributed by atoms with E-state index >= 15 is 0 Å². The number of nitrogens with zero attached hydrogens (tertiary/aromatic N) is 4. The smallest absolute Gasteiger partial charge is 0.325 e. The van der Waals surface area contributed by atoms with Gasteiger partial charge in [0.05, 0.1) is 30.0 Å². The predicted octanol–water partition coefficient (Wildman–Crippen LogP) is 4.72. The lowest BCUT2D eigenvalue weighted by atomic mass is 10.1. The zero-order valence-electron chi connectivity index (χ0n) is 19.5. The van der Waals surface area contributed by atoms with E-state index in [0.717, 1.165) is 32.9 Å². The number of hydrogen-bond acceptors (Lipinski definition) is 8. The summed E-state index contributed by atoms with van der Waals surface area (Å²) in [5.41, 5.74) is 6.97. The molecule has 1 N–H and O–H groups in total. The average molecular weight is 458 g/mol. The van der Waals surface area contributed by atoms with E-state index < -0.39 is 0 Å². The number of aryl methyl sites for hydroxylation is 1. The Morgan fingerprint density at radius 2 is 2.06 bits per heavy atom. The molecule has 0 radical (unpaired) electrons. The van der Waals surface area contributed by atoms with E-state index in [2.05, 4.69) is 24.3 Å². The monoisotopic (exact) mass is 457 g/mol. The Morgan fingerprint density at radius 3 is 2.75 bits per heavy atom. The maximum Gasteiger partial charge on any atom is 0.325 e. The van der Waals surface area contributed by atoms with Gasteiger partial charge in [0.2, 0.25) is 5.88 Å². The highest BCUT2D eigenvalue weighted by Crippen LogP contribution is 2.36. The molecule has 3 aromatic heterocycles. The summed E-state index contributed by atoms with van der Waals surface area (Å²) in [5.74, 6) is 0.844. The van der Waals surface area contributed by atoms with Crippen molar-refractivity contribution < 1.29 is 14.4 Å². The van der Waals surface area contributed by atoms with E-state index in [0.29, 0.717) is 18.2 Å². The zero-order chi connectivity index (χ0) is 23.3. The molecule has 0 fully saturated rings. The Labute approximate surface area is 193 Å². The van der Waals surface area contributed by atoms with Crippen LogP contribution < -0.4 is 10.2 Å². The van der Waals surface area contributed by atoms with Crippen LogP contribution in [0.2, 0.25) is 0 Å². The quantitative estimate of drug-likeness (QED) is 0.345. The van der Waals surface area contributed by atoms with Gasteiger partial charge in [0.15, 0.2) is 0 Å². The molecule has 0 spiro atoms. The molecule has 3 aromatic rings. The third-order valence-electron chi connectivity index (χ3n) is 4.58. The molecule has 0 saturated carbocycles. The zero-order valence-corrected chi connectivity index (χ0v) is 20.3. The second-order valence-electron chi connectivity index (χ2n) is 7.96. The Morgan fingerprint density at radius 1 is 1.28 bits per heavy atom. The molecule has 0 aliphatic heterocycles. The van der Waals surface area contributed by atoms with Crippen molar-refractivity contribution in [3.63, 3.8) is 0 Å². The third-order valence-corrected chi connectivity index (χ3v) is 5.61. The molecule has 0 bridgehead atoms. The van der Waals surface area contributed by atoms with Crippen LogP contribution in [0.4, 0.5) is 0 Å². The standard InChI is InChI=1S/C23H31N5O3S/c1-7-30-23-17(9-8-11-24-23)18-13-19(32-12-10-20(29)31-27-14(2)3)22-21(25-18)16(6)26-28(22)15(4)5/h8-9,11,13-15,27H,7,10,12H2,1-6H3. The molecule has 0 saturated heterocycles. The predicted molar refractivity (Wildman–Crippen MR) is 127 cm³/mol.